The van der Waals surface area contributed by atoms with Crippen LogP contribution in [-0.4, -0.2) is 36.1 Å². The third-order valence-electron chi connectivity index (χ3n) is 9.10. The Morgan fingerprint density at radius 3 is 2.43 bits per heavy atom. The van der Waals surface area contributed by atoms with Crippen molar-refractivity contribution in [1.29, 1.82) is 0 Å². The quantitative estimate of drug-likeness (QED) is 0.235. The van der Waals surface area contributed by atoms with Crippen molar-refractivity contribution in [3.05, 3.63) is 56.4 Å². The molecular formula is C34H43BrN2O4S. The summed E-state index contributed by atoms with van der Waals surface area (Å²) in [6.45, 7) is 7.02. The van der Waals surface area contributed by atoms with Crippen LogP contribution in [0.3, 0.4) is 0 Å². The normalized spacial score (nSPS) is 20.4. The molecule has 6 nitrogen and oxygen atoms in total. The third kappa shape index (κ3) is 7.73. The lowest BCUT2D eigenvalue weighted by Crippen LogP contribution is -2.43. The number of ether oxygens (including phenoxy) is 2. The molecule has 226 valence electrons. The first-order valence-electron chi connectivity index (χ1n) is 15.3. The molecule has 1 N–H and O–H groups in total. The Hall–Kier alpha value is -2.45. The van der Waals surface area contributed by atoms with E-state index >= 15 is 0 Å². The van der Waals surface area contributed by atoms with Gasteiger partial charge in [-0.1, -0.05) is 52.5 Å². The van der Waals surface area contributed by atoms with Crippen molar-refractivity contribution in [2.75, 3.05) is 7.11 Å². The number of carbonyl (C=O) groups is 2. The Labute approximate surface area is 262 Å². The summed E-state index contributed by atoms with van der Waals surface area (Å²) in [7, 11) is 1.34. The molecule has 2 heterocycles. The van der Waals surface area contributed by atoms with Gasteiger partial charge in [-0.15, -0.1) is 11.3 Å². The highest BCUT2D eigenvalue weighted by molar-refractivity contribution is 9.11. The SMILES string of the molecule is COC(=O)[C@H](Cc1ccc(Br)s1)NC(=O)c1cc2ccc(OC3CCC(C(C)(C)C)CC3)cc2c(CC2CCCC2)n1. The van der Waals surface area contributed by atoms with Crippen LogP contribution < -0.4 is 10.1 Å². The molecule has 1 atom stereocenters. The van der Waals surface area contributed by atoms with E-state index in [0.717, 1.165) is 56.1 Å². The van der Waals surface area contributed by atoms with Gasteiger partial charge in [0.25, 0.3) is 5.91 Å². The number of fused-ring (bicyclic) bond motifs is 1. The van der Waals surface area contributed by atoms with Gasteiger partial charge in [0.15, 0.2) is 0 Å². The molecule has 5 rings (SSSR count). The molecule has 2 aliphatic carbocycles. The predicted molar refractivity (Wildman–Crippen MR) is 172 cm³/mol. The maximum Gasteiger partial charge on any atom is 0.328 e. The first-order chi connectivity index (χ1) is 20.1. The molecule has 2 aromatic heterocycles. The summed E-state index contributed by atoms with van der Waals surface area (Å²) in [5.74, 6) is 1.34. The Kier molecular flexibility index (Phi) is 9.93. The second-order valence-corrected chi connectivity index (χ2v) is 15.7. The van der Waals surface area contributed by atoms with Crippen LogP contribution >= 0.6 is 27.3 Å². The van der Waals surface area contributed by atoms with Gasteiger partial charge in [-0.25, -0.2) is 9.78 Å². The van der Waals surface area contributed by atoms with E-state index in [9.17, 15) is 9.59 Å². The summed E-state index contributed by atoms with van der Waals surface area (Å²) in [5, 5.41) is 4.91. The summed E-state index contributed by atoms with van der Waals surface area (Å²) in [6, 6.07) is 11.1. The average Bonchev–Trinajstić information content (AvgIpc) is 3.63. The van der Waals surface area contributed by atoms with Crippen molar-refractivity contribution in [3.63, 3.8) is 0 Å². The predicted octanol–water partition coefficient (Wildman–Crippen LogP) is 8.29. The molecule has 8 heteroatoms. The molecule has 2 fully saturated rings. The number of esters is 1. The maximum atomic E-state index is 13.5. The molecule has 1 amide bonds. The highest BCUT2D eigenvalue weighted by Gasteiger charge is 2.31. The Morgan fingerprint density at radius 2 is 1.79 bits per heavy atom. The van der Waals surface area contributed by atoms with Gasteiger partial charge in [-0.2, -0.15) is 0 Å². The van der Waals surface area contributed by atoms with Crippen LogP contribution in [-0.2, 0) is 22.4 Å². The Bertz CT molecular complexity index is 1400. The van der Waals surface area contributed by atoms with E-state index in [2.05, 4.69) is 48.1 Å². The largest absolute Gasteiger partial charge is 0.490 e. The first-order valence-corrected chi connectivity index (χ1v) is 16.9. The average molecular weight is 656 g/mol. The van der Waals surface area contributed by atoms with Crippen LogP contribution in [0, 0.1) is 17.3 Å². The number of nitrogens with one attached hydrogen (secondary N) is 1. The van der Waals surface area contributed by atoms with E-state index in [1.165, 1.54) is 57.0 Å². The van der Waals surface area contributed by atoms with Gasteiger partial charge in [0.05, 0.1) is 17.0 Å². The fourth-order valence-electron chi connectivity index (χ4n) is 6.60. The number of carbonyl (C=O) groups excluding carboxylic acids is 2. The molecule has 0 radical (unpaired) electrons. The van der Waals surface area contributed by atoms with Crippen molar-refractivity contribution in [3.8, 4) is 5.75 Å². The highest BCUT2D eigenvalue weighted by Crippen LogP contribution is 2.39. The molecule has 3 aromatic rings. The third-order valence-corrected chi connectivity index (χ3v) is 10.7. The number of benzene rings is 1. The van der Waals surface area contributed by atoms with Crippen LogP contribution in [0.25, 0.3) is 10.8 Å². The van der Waals surface area contributed by atoms with E-state index in [1.54, 1.807) is 0 Å². The minimum atomic E-state index is -0.798. The minimum absolute atomic E-state index is 0.233. The summed E-state index contributed by atoms with van der Waals surface area (Å²) in [5.41, 5.74) is 1.60. The van der Waals surface area contributed by atoms with Crippen molar-refractivity contribution < 1.29 is 19.1 Å². The van der Waals surface area contributed by atoms with Crippen LogP contribution in [0.15, 0.2) is 40.2 Å². The second-order valence-electron chi connectivity index (χ2n) is 13.1. The van der Waals surface area contributed by atoms with Gasteiger partial charge < -0.3 is 14.8 Å². The molecule has 0 unspecified atom stereocenters. The van der Waals surface area contributed by atoms with Gasteiger partial charge in [0, 0.05) is 22.4 Å². The van der Waals surface area contributed by atoms with Crippen molar-refractivity contribution >= 4 is 49.9 Å². The smallest absolute Gasteiger partial charge is 0.328 e. The summed E-state index contributed by atoms with van der Waals surface area (Å²) in [4.78, 5) is 32.0. The van der Waals surface area contributed by atoms with E-state index in [1.807, 2.05) is 30.3 Å². The molecule has 2 saturated carbocycles. The molecule has 0 bridgehead atoms. The van der Waals surface area contributed by atoms with Crippen LogP contribution in [0.4, 0.5) is 0 Å². The molecule has 1 aromatic carbocycles. The molecule has 0 saturated heterocycles. The fraction of sp³-hybridized carbons (Fsp3) is 0.559. The Morgan fingerprint density at radius 1 is 1.05 bits per heavy atom. The number of thiophene rings is 1. The monoisotopic (exact) mass is 654 g/mol. The number of pyridine rings is 1. The first kappa shape index (κ1) is 31.0. The molecule has 42 heavy (non-hydrogen) atoms. The zero-order chi connectivity index (χ0) is 29.9. The van der Waals surface area contributed by atoms with Crippen molar-refractivity contribution in [1.82, 2.24) is 10.3 Å². The number of amides is 1. The summed E-state index contributed by atoms with van der Waals surface area (Å²) in [6.07, 6.45) is 10.8. The number of methoxy groups -OCH3 is 1. The number of halogens is 1. The standard InChI is InChI=1S/C34H43BrN2O4S/c1-34(2,3)23-10-13-24(14-11-23)41-25-12-9-22-18-29(36-28(27(22)19-25)17-21-7-5-6-8-21)32(38)37-30(33(39)40-4)20-26-15-16-31(35)42-26/h9,12,15-16,18-19,21,23-24,30H,5-8,10-11,13-14,17,20H2,1-4H3,(H,37,38)/t23?,24?,30-/m0/s1. The number of nitrogens with zero attached hydrogens (tertiary/aromatic N) is 1. The maximum absolute atomic E-state index is 13.5. The highest BCUT2D eigenvalue weighted by atomic mass is 79.9. The molecule has 2 aliphatic rings. The number of aromatic nitrogens is 1. The number of hydrogen-bond donors (Lipinski definition) is 1. The molecule has 0 spiro atoms. The number of rotatable bonds is 9. The summed E-state index contributed by atoms with van der Waals surface area (Å²) >= 11 is 5.00. The Balaban J connectivity index is 1.37. The van der Waals surface area contributed by atoms with Gasteiger partial charge in [-0.3, -0.25) is 4.79 Å². The van der Waals surface area contributed by atoms with Crippen molar-refractivity contribution in [2.24, 2.45) is 17.3 Å². The van der Waals surface area contributed by atoms with Gasteiger partial charge >= 0.3 is 5.97 Å². The van der Waals surface area contributed by atoms with Gasteiger partial charge in [-0.05, 0) is 101 Å². The molecular weight excluding hydrogens is 612 g/mol. The number of hydrogen-bond acceptors (Lipinski definition) is 6. The van der Waals surface area contributed by atoms with E-state index in [0.29, 0.717) is 23.4 Å². The zero-order valence-electron chi connectivity index (χ0n) is 25.2. The van der Waals surface area contributed by atoms with E-state index in [-0.39, 0.29) is 12.0 Å². The summed E-state index contributed by atoms with van der Waals surface area (Å²) < 4.78 is 12.5. The van der Waals surface area contributed by atoms with Crippen LogP contribution in [0.2, 0.25) is 0 Å². The van der Waals surface area contributed by atoms with E-state index < -0.39 is 12.0 Å². The lowest BCUT2D eigenvalue weighted by molar-refractivity contribution is -0.142. The zero-order valence-corrected chi connectivity index (χ0v) is 27.6. The lowest BCUT2D eigenvalue weighted by atomic mass is 9.72. The van der Waals surface area contributed by atoms with Gasteiger partial charge in [0.2, 0.25) is 0 Å². The lowest BCUT2D eigenvalue weighted by Gasteiger charge is -2.37. The fourth-order valence-corrected chi connectivity index (χ4v) is 8.13. The minimum Gasteiger partial charge on any atom is -0.490 e. The topological polar surface area (TPSA) is 77.5 Å². The molecule has 0 aliphatic heterocycles. The van der Waals surface area contributed by atoms with Gasteiger partial charge in [0.1, 0.15) is 17.5 Å². The van der Waals surface area contributed by atoms with Crippen molar-refractivity contribution in [2.45, 2.75) is 97.1 Å². The van der Waals surface area contributed by atoms with E-state index in [4.69, 9.17) is 14.5 Å². The second kappa shape index (κ2) is 13.5. The van der Waals surface area contributed by atoms with Crippen LogP contribution in [0.5, 0.6) is 5.75 Å². The van der Waals surface area contributed by atoms with Crippen LogP contribution in [0.1, 0.15) is 93.2 Å².